The maximum atomic E-state index is 4.44. The summed E-state index contributed by atoms with van der Waals surface area (Å²) in [7, 11) is 2.02. The molecule has 0 fully saturated rings. The Bertz CT molecular complexity index is 252. The Labute approximate surface area is 66.3 Å². The zero-order valence-electron chi connectivity index (χ0n) is 6.73. The second-order valence-electron chi connectivity index (χ2n) is 2.84. The van der Waals surface area contributed by atoms with Gasteiger partial charge in [-0.25, -0.2) is 4.99 Å². The largest absolute Gasteiger partial charge is 0.341 e. The van der Waals surface area contributed by atoms with Crippen molar-refractivity contribution < 1.29 is 0 Å². The smallest absolute Gasteiger partial charge is 0.202 e. The molecule has 2 aliphatic heterocycles. The van der Waals surface area contributed by atoms with E-state index >= 15 is 0 Å². The number of aliphatic imine (C=N–C) groups is 1. The molecule has 0 aliphatic carbocycles. The predicted octanol–water partition coefficient (Wildman–Crippen LogP) is 0.977. The Kier molecular flexibility index (Phi) is 1.24. The van der Waals surface area contributed by atoms with Crippen molar-refractivity contribution in [3.05, 3.63) is 24.7 Å². The molecular formula is C8H11N3. The Morgan fingerprint density at radius 1 is 1.36 bits per heavy atom. The maximum Gasteiger partial charge on any atom is 0.202 e. The Balaban J connectivity index is 2.27. The van der Waals surface area contributed by atoms with E-state index in [2.05, 4.69) is 14.8 Å². The van der Waals surface area contributed by atoms with Gasteiger partial charge >= 0.3 is 0 Å². The molecule has 2 heterocycles. The maximum absolute atomic E-state index is 4.44. The van der Waals surface area contributed by atoms with Crippen LogP contribution in [-0.2, 0) is 0 Å². The summed E-state index contributed by atoms with van der Waals surface area (Å²) in [5, 5.41) is 0. The fourth-order valence-electron chi connectivity index (χ4n) is 1.25. The van der Waals surface area contributed by atoms with Crippen LogP contribution in [0.25, 0.3) is 0 Å². The normalized spacial score (nSPS) is 27.5. The van der Waals surface area contributed by atoms with Gasteiger partial charge in [0.25, 0.3) is 0 Å². The molecule has 0 aromatic carbocycles. The first-order chi connectivity index (χ1) is 5.27. The number of allylic oxidation sites excluding steroid dienone is 1. The number of rotatable bonds is 0. The van der Waals surface area contributed by atoms with E-state index in [9.17, 15) is 0 Å². The van der Waals surface area contributed by atoms with Crippen LogP contribution in [0.15, 0.2) is 29.7 Å². The van der Waals surface area contributed by atoms with Gasteiger partial charge in [0, 0.05) is 31.4 Å². The molecule has 11 heavy (non-hydrogen) atoms. The molecule has 0 saturated heterocycles. The first-order valence-electron chi connectivity index (χ1n) is 3.68. The van der Waals surface area contributed by atoms with E-state index in [1.54, 1.807) is 0 Å². The van der Waals surface area contributed by atoms with Crippen molar-refractivity contribution in [2.24, 2.45) is 4.99 Å². The average molecular weight is 149 g/mol. The fraction of sp³-hybridized carbons (Fsp3) is 0.375. The van der Waals surface area contributed by atoms with Gasteiger partial charge in [-0.05, 0) is 13.0 Å². The van der Waals surface area contributed by atoms with E-state index in [0.717, 1.165) is 5.71 Å². The third kappa shape index (κ3) is 0.926. The second-order valence-corrected chi connectivity index (χ2v) is 2.84. The zero-order valence-corrected chi connectivity index (χ0v) is 6.73. The highest BCUT2D eigenvalue weighted by molar-refractivity contribution is 5.93. The molecule has 2 aliphatic rings. The first kappa shape index (κ1) is 6.46. The van der Waals surface area contributed by atoms with Gasteiger partial charge in [-0.3, -0.25) is 0 Å². The highest BCUT2D eigenvalue weighted by atomic mass is 15.4. The Morgan fingerprint density at radius 2 is 2.18 bits per heavy atom. The SMILES string of the molecule is CC1=NC2N(C)C=CN2C=C1. The zero-order chi connectivity index (χ0) is 7.84. The summed E-state index contributed by atoms with van der Waals surface area (Å²) < 4.78 is 0. The lowest BCUT2D eigenvalue weighted by Gasteiger charge is -2.26. The lowest BCUT2D eigenvalue weighted by molar-refractivity contribution is 0.232. The molecule has 0 N–H and O–H groups in total. The van der Waals surface area contributed by atoms with Crippen LogP contribution in [0.3, 0.4) is 0 Å². The molecule has 3 nitrogen and oxygen atoms in total. The van der Waals surface area contributed by atoms with Crippen molar-refractivity contribution in [2.75, 3.05) is 7.05 Å². The third-order valence-electron chi connectivity index (χ3n) is 1.91. The molecule has 1 unspecified atom stereocenters. The van der Waals surface area contributed by atoms with E-state index < -0.39 is 0 Å². The molecule has 0 radical (unpaired) electrons. The Hall–Kier alpha value is -1.25. The van der Waals surface area contributed by atoms with E-state index in [4.69, 9.17) is 0 Å². The van der Waals surface area contributed by atoms with Crippen molar-refractivity contribution in [3.8, 4) is 0 Å². The molecule has 0 spiro atoms. The summed E-state index contributed by atoms with van der Waals surface area (Å²) in [6.07, 6.45) is 8.28. The van der Waals surface area contributed by atoms with E-state index in [0.29, 0.717) is 0 Å². The molecule has 58 valence electrons. The van der Waals surface area contributed by atoms with E-state index in [-0.39, 0.29) is 6.29 Å². The Morgan fingerprint density at radius 3 is 3.00 bits per heavy atom. The standard InChI is InChI=1S/C8H11N3/c1-7-3-4-11-6-5-10(2)8(11)9-7/h3-6,8H,1-2H3. The summed E-state index contributed by atoms with van der Waals surface area (Å²) in [6, 6.07) is 0. The van der Waals surface area contributed by atoms with E-state index in [1.165, 1.54) is 0 Å². The summed E-state index contributed by atoms with van der Waals surface area (Å²) in [4.78, 5) is 8.60. The van der Waals surface area contributed by atoms with E-state index in [1.807, 2.05) is 38.6 Å². The molecule has 0 aromatic rings. The van der Waals surface area contributed by atoms with Crippen LogP contribution >= 0.6 is 0 Å². The number of nitrogens with zero attached hydrogens (tertiary/aromatic N) is 3. The van der Waals surface area contributed by atoms with Gasteiger partial charge in [0.1, 0.15) is 0 Å². The number of hydrogen-bond donors (Lipinski definition) is 0. The molecule has 2 rings (SSSR count). The first-order valence-corrected chi connectivity index (χ1v) is 3.68. The van der Waals surface area contributed by atoms with Crippen molar-refractivity contribution in [1.82, 2.24) is 9.80 Å². The molecule has 0 saturated carbocycles. The molecule has 0 aromatic heterocycles. The summed E-state index contributed by atoms with van der Waals surface area (Å²) >= 11 is 0. The van der Waals surface area contributed by atoms with Crippen LogP contribution in [0.1, 0.15) is 6.92 Å². The van der Waals surface area contributed by atoms with Crippen LogP contribution in [0.5, 0.6) is 0 Å². The van der Waals surface area contributed by atoms with Gasteiger partial charge in [0.05, 0.1) is 0 Å². The van der Waals surface area contributed by atoms with Gasteiger partial charge < -0.3 is 9.80 Å². The summed E-state index contributed by atoms with van der Waals surface area (Å²) in [6.45, 7) is 2.01. The highest BCUT2D eigenvalue weighted by Gasteiger charge is 2.22. The minimum Gasteiger partial charge on any atom is -0.341 e. The number of fused-ring (bicyclic) bond motifs is 1. The quantitative estimate of drug-likeness (QED) is 0.511. The minimum atomic E-state index is 0.167. The van der Waals surface area contributed by atoms with Crippen LogP contribution in [0.2, 0.25) is 0 Å². The molecular weight excluding hydrogens is 138 g/mol. The van der Waals surface area contributed by atoms with Crippen LogP contribution in [-0.4, -0.2) is 28.8 Å². The van der Waals surface area contributed by atoms with Crippen molar-refractivity contribution >= 4 is 5.71 Å². The molecule has 0 bridgehead atoms. The van der Waals surface area contributed by atoms with Gasteiger partial charge in [0.2, 0.25) is 6.29 Å². The topological polar surface area (TPSA) is 18.8 Å². The molecule has 0 amide bonds. The van der Waals surface area contributed by atoms with Gasteiger partial charge in [0.15, 0.2) is 0 Å². The average Bonchev–Trinajstić information content (AvgIpc) is 2.33. The predicted molar refractivity (Wildman–Crippen MR) is 44.8 cm³/mol. The highest BCUT2D eigenvalue weighted by Crippen LogP contribution is 2.18. The minimum absolute atomic E-state index is 0.167. The summed E-state index contributed by atoms with van der Waals surface area (Å²) in [5.74, 6) is 0. The molecule has 1 atom stereocenters. The van der Waals surface area contributed by atoms with Gasteiger partial charge in [-0.1, -0.05) is 0 Å². The van der Waals surface area contributed by atoms with Gasteiger partial charge in [-0.2, -0.15) is 0 Å². The van der Waals surface area contributed by atoms with Crippen LogP contribution in [0, 0.1) is 0 Å². The van der Waals surface area contributed by atoms with Crippen LogP contribution in [0.4, 0.5) is 0 Å². The lowest BCUT2D eigenvalue weighted by Crippen LogP contribution is -2.34. The third-order valence-corrected chi connectivity index (χ3v) is 1.91. The van der Waals surface area contributed by atoms with Gasteiger partial charge in [-0.15, -0.1) is 0 Å². The van der Waals surface area contributed by atoms with Crippen LogP contribution < -0.4 is 0 Å². The van der Waals surface area contributed by atoms with Crippen molar-refractivity contribution in [1.29, 1.82) is 0 Å². The number of hydrogen-bond acceptors (Lipinski definition) is 3. The van der Waals surface area contributed by atoms with Crippen molar-refractivity contribution in [3.63, 3.8) is 0 Å². The fourth-order valence-corrected chi connectivity index (χ4v) is 1.25. The second kappa shape index (κ2) is 2.12. The lowest BCUT2D eigenvalue weighted by atomic mass is 10.3. The summed E-state index contributed by atoms with van der Waals surface area (Å²) in [5.41, 5.74) is 1.09. The van der Waals surface area contributed by atoms with Crippen molar-refractivity contribution in [2.45, 2.75) is 13.2 Å². The molecule has 3 heteroatoms. The monoisotopic (exact) mass is 149 g/mol.